The number of nitrogens with one attached hydrogen (secondary N) is 1. The molecule has 140 valence electrons. The number of hydrogen-bond acceptors (Lipinski definition) is 6. The first-order valence-corrected chi connectivity index (χ1v) is 9.41. The predicted molar refractivity (Wildman–Crippen MR) is 108 cm³/mol. The van der Waals surface area contributed by atoms with Gasteiger partial charge in [-0.25, -0.2) is 4.98 Å². The van der Waals surface area contributed by atoms with Crippen molar-refractivity contribution in [1.29, 1.82) is 0 Å². The van der Waals surface area contributed by atoms with Gasteiger partial charge in [-0.2, -0.15) is 4.98 Å². The van der Waals surface area contributed by atoms with Crippen LogP contribution in [0.5, 0.6) is 0 Å². The monoisotopic (exact) mass is 355 g/mol. The van der Waals surface area contributed by atoms with Gasteiger partial charge in [0.1, 0.15) is 5.82 Å². The van der Waals surface area contributed by atoms with Crippen LogP contribution in [0.15, 0.2) is 24.3 Å². The standard InChI is InChI=1S/C20H29N5O/c1-5-24(6-2)17-7-8-18(15(3)13-17)22-19-14-16(4)21-20(23-19)25-9-11-26-12-10-25/h7-8,13-14H,5-6,9-12H2,1-4H3,(H,21,22,23). The van der Waals surface area contributed by atoms with Gasteiger partial charge in [-0.05, 0) is 51.5 Å². The van der Waals surface area contributed by atoms with Crippen molar-refractivity contribution in [3.8, 4) is 0 Å². The number of anilines is 4. The lowest BCUT2D eigenvalue weighted by molar-refractivity contribution is 0.122. The van der Waals surface area contributed by atoms with Gasteiger partial charge in [0.15, 0.2) is 0 Å². The summed E-state index contributed by atoms with van der Waals surface area (Å²) >= 11 is 0. The van der Waals surface area contributed by atoms with Crippen LogP contribution < -0.4 is 15.1 Å². The molecule has 2 aromatic rings. The van der Waals surface area contributed by atoms with Gasteiger partial charge in [0, 0.05) is 49.3 Å². The smallest absolute Gasteiger partial charge is 0.227 e. The summed E-state index contributed by atoms with van der Waals surface area (Å²) in [7, 11) is 0. The second-order valence-electron chi connectivity index (χ2n) is 6.59. The van der Waals surface area contributed by atoms with Gasteiger partial charge in [-0.15, -0.1) is 0 Å². The minimum Gasteiger partial charge on any atom is -0.378 e. The molecule has 0 radical (unpaired) electrons. The largest absolute Gasteiger partial charge is 0.378 e. The molecular weight excluding hydrogens is 326 g/mol. The highest BCUT2D eigenvalue weighted by atomic mass is 16.5. The topological polar surface area (TPSA) is 53.5 Å². The number of aryl methyl sites for hydroxylation is 2. The Hall–Kier alpha value is -2.34. The van der Waals surface area contributed by atoms with Crippen molar-refractivity contribution < 1.29 is 4.74 Å². The summed E-state index contributed by atoms with van der Waals surface area (Å²) in [5, 5.41) is 3.47. The summed E-state index contributed by atoms with van der Waals surface area (Å²) in [4.78, 5) is 13.8. The Bertz CT molecular complexity index is 739. The number of morpholine rings is 1. The number of aromatic nitrogens is 2. The quantitative estimate of drug-likeness (QED) is 0.856. The van der Waals surface area contributed by atoms with Crippen molar-refractivity contribution in [2.45, 2.75) is 27.7 Å². The van der Waals surface area contributed by atoms with E-state index in [1.54, 1.807) is 0 Å². The zero-order chi connectivity index (χ0) is 18.5. The Morgan fingerprint density at radius 3 is 2.46 bits per heavy atom. The zero-order valence-electron chi connectivity index (χ0n) is 16.2. The molecule has 0 saturated carbocycles. The van der Waals surface area contributed by atoms with Gasteiger partial charge in [0.25, 0.3) is 0 Å². The summed E-state index contributed by atoms with van der Waals surface area (Å²) in [6.45, 7) is 13.6. The molecule has 0 amide bonds. The zero-order valence-corrected chi connectivity index (χ0v) is 16.2. The number of ether oxygens (including phenoxy) is 1. The highest BCUT2D eigenvalue weighted by Crippen LogP contribution is 2.26. The van der Waals surface area contributed by atoms with E-state index >= 15 is 0 Å². The first-order chi connectivity index (χ1) is 12.6. The fraction of sp³-hybridized carbons (Fsp3) is 0.500. The van der Waals surface area contributed by atoms with Crippen LogP contribution in [0.1, 0.15) is 25.1 Å². The average molecular weight is 355 g/mol. The van der Waals surface area contributed by atoms with Gasteiger partial charge in [-0.3, -0.25) is 0 Å². The van der Waals surface area contributed by atoms with Crippen LogP contribution in [0.25, 0.3) is 0 Å². The van der Waals surface area contributed by atoms with Crippen LogP contribution in [0, 0.1) is 13.8 Å². The molecule has 1 aliphatic heterocycles. The maximum Gasteiger partial charge on any atom is 0.227 e. The lowest BCUT2D eigenvalue weighted by Crippen LogP contribution is -2.37. The molecule has 0 spiro atoms. The summed E-state index contributed by atoms with van der Waals surface area (Å²) in [6.07, 6.45) is 0. The fourth-order valence-electron chi connectivity index (χ4n) is 3.23. The third kappa shape index (κ3) is 4.25. The molecule has 6 heteroatoms. The number of rotatable bonds is 6. The van der Waals surface area contributed by atoms with Gasteiger partial charge < -0.3 is 19.9 Å². The van der Waals surface area contributed by atoms with Crippen LogP contribution in [-0.2, 0) is 4.74 Å². The fourth-order valence-corrected chi connectivity index (χ4v) is 3.23. The van der Waals surface area contributed by atoms with E-state index in [-0.39, 0.29) is 0 Å². The van der Waals surface area contributed by atoms with Crippen molar-refractivity contribution >= 4 is 23.1 Å². The molecule has 0 aliphatic carbocycles. The second kappa shape index (κ2) is 8.36. The SMILES string of the molecule is CCN(CC)c1ccc(Nc2cc(C)nc(N3CCOCC3)n2)c(C)c1. The molecule has 1 N–H and O–H groups in total. The Labute approximate surface area is 156 Å². The maximum absolute atomic E-state index is 5.43. The molecule has 1 aliphatic rings. The second-order valence-corrected chi connectivity index (χ2v) is 6.59. The third-order valence-corrected chi connectivity index (χ3v) is 4.74. The van der Waals surface area contributed by atoms with E-state index in [4.69, 9.17) is 9.72 Å². The van der Waals surface area contributed by atoms with Gasteiger partial charge in [-0.1, -0.05) is 0 Å². The molecule has 0 unspecified atom stereocenters. The summed E-state index contributed by atoms with van der Waals surface area (Å²) in [5.74, 6) is 1.60. The molecule has 26 heavy (non-hydrogen) atoms. The van der Waals surface area contributed by atoms with E-state index in [1.807, 2.05) is 13.0 Å². The Balaban J connectivity index is 1.81. The Morgan fingerprint density at radius 2 is 1.81 bits per heavy atom. The minimum atomic E-state index is 0.728. The Morgan fingerprint density at radius 1 is 1.08 bits per heavy atom. The molecule has 3 rings (SSSR count). The maximum atomic E-state index is 5.43. The number of benzene rings is 1. The van der Waals surface area contributed by atoms with E-state index in [1.165, 1.54) is 11.3 Å². The number of nitrogens with zero attached hydrogens (tertiary/aromatic N) is 4. The van der Waals surface area contributed by atoms with Gasteiger partial charge in [0.2, 0.25) is 5.95 Å². The molecule has 1 aromatic heterocycles. The van der Waals surface area contributed by atoms with Crippen LogP contribution >= 0.6 is 0 Å². The minimum absolute atomic E-state index is 0.728. The molecule has 6 nitrogen and oxygen atoms in total. The molecular formula is C20H29N5O. The first kappa shape index (κ1) is 18.5. The van der Waals surface area contributed by atoms with Crippen molar-refractivity contribution in [3.05, 3.63) is 35.5 Å². The molecule has 1 saturated heterocycles. The summed E-state index contributed by atoms with van der Waals surface area (Å²) < 4.78 is 5.43. The highest BCUT2D eigenvalue weighted by molar-refractivity contribution is 5.66. The lowest BCUT2D eigenvalue weighted by atomic mass is 10.1. The van der Waals surface area contributed by atoms with Crippen LogP contribution in [0.3, 0.4) is 0 Å². The molecule has 1 aromatic carbocycles. The van der Waals surface area contributed by atoms with Gasteiger partial charge >= 0.3 is 0 Å². The Kier molecular flexibility index (Phi) is 5.93. The molecule has 1 fully saturated rings. The van der Waals surface area contributed by atoms with Gasteiger partial charge in [0.05, 0.1) is 13.2 Å². The van der Waals surface area contributed by atoms with E-state index in [0.717, 1.165) is 62.5 Å². The van der Waals surface area contributed by atoms with Crippen molar-refractivity contribution in [1.82, 2.24) is 9.97 Å². The van der Waals surface area contributed by atoms with Crippen LogP contribution in [-0.4, -0.2) is 49.4 Å². The summed E-state index contributed by atoms with van der Waals surface area (Å²) in [6, 6.07) is 8.52. The molecule has 0 atom stereocenters. The van der Waals surface area contributed by atoms with E-state index < -0.39 is 0 Å². The number of hydrogen-bond donors (Lipinski definition) is 1. The van der Waals surface area contributed by atoms with Crippen molar-refractivity contribution in [2.75, 3.05) is 54.5 Å². The molecule has 2 heterocycles. The van der Waals surface area contributed by atoms with E-state index in [2.05, 4.69) is 59.1 Å². The van der Waals surface area contributed by atoms with Crippen LogP contribution in [0.4, 0.5) is 23.1 Å². The predicted octanol–water partition coefficient (Wildman–Crippen LogP) is 3.52. The first-order valence-electron chi connectivity index (χ1n) is 9.41. The van der Waals surface area contributed by atoms with Crippen molar-refractivity contribution in [2.24, 2.45) is 0 Å². The van der Waals surface area contributed by atoms with E-state index in [0.29, 0.717) is 0 Å². The summed E-state index contributed by atoms with van der Waals surface area (Å²) in [5.41, 5.74) is 4.50. The van der Waals surface area contributed by atoms with Crippen molar-refractivity contribution in [3.63, 3.8) is 0 Å². The highest BCUT2D eigenvalue weighted by Gasteiger charge is 2.15. The molecule has 0 bridgehead atoms. The third-order valence-electron chi connectivity index (χ3n) is 4.74. The average Bonchev–Trinajstić information content (AvgIpc) is 2.65. The van der Waals surface area contributed by atoms with Crippen LogP contribution in [0.2, 0.25) is 0 Å². The normalized spacial score (nSPS) is 14.4. The van der Waals surface area contributed by atoms with E-state index in [9.17, 15) is 0 Å². The lowest BCUT2D eigenvalue weighted by Gasteiger charge is -2.27.